The molecule has 2 N–H and O–H groups in total. The largest absolute Gasteiger partial charge is 0.598 e. The minimum absolute atomic E-state index is 0.190. The third-order valence-corrected chi connectivity index (χ3v) is 4.05. The molecule has 3 heteroatoms. The van der Waals surface area contributed by atoms with Crippen LogP contribution < -0.4 is 5.14 Å². The zero-order valence-electron chi connectivity index (χ0n) is 8.17. The summed E-state index contributed by atoms with van der Waals surface area (Å²) in [4.78, 5) is 0. The molecule has 1 rings (SSSR count). The van der Waals surface area contributed by atoms with Gasteiger partial charge in [0.15, 0.2) is 0 Å². The van der Waals surface area contributed by atoms with E-state index >= 15 is 0 Å². The molecule has 0 unspecified atom stereocenters. The summed E-state index contributed by atoms with van der Waals surface area (Å²) in [5.41, 5.74) is 0. The Kier molecular flexibility index (Phi) is 3.07. The van der Waals surface area contributed by atoms with Crippen LogP contribution in [0, 0.1) is 11.8 Å². The van der Waals surface area contributed by atoms with Gasteiger partial charge in [-0.1, -0.05) is 6.92 Å². The number of rotatable bonds is 3. The summed E-state index contributed by atoms with van der Waals surface area (Å²) in [7, 11) is 0. The lowest BCUT2D eigenvalue weighted by molar-refractivity contribution is 0.185. The van der Waals surface area contributed by atoms with Gasteiger partial charge in [-0.05, 0) is 38.5 Å². The van der Waals surface area contributed by atoms with Crippen molar-refractivity contribution in [2.45, 2.75) is 44.8 Å². The molecule has 0 saturated heterocycles. The van der Waals surface area contributed by atoms with Crippen LogP contribution in [0.4, 0.5) is 0 Å². The molecular weight excluding hydrogens is 170 g/mol. The van der Waals surface area contributed by atoms with Crippen LogP contribution >= 0.6 is 0 Å². The van der Waals surface area contributed by atoms with Gasteiger partial charge < -0.3 is 4.55 Å². The molecule has 0 aromatic rings. The van der Waals surface area contributed by atoms with Gasteiger partial charge in [-0.15, -0.1) is 0 Å². The minimum Gasteiger partial charge on any atom is -0.598 e. The average Bonchev–Trinajstić information content (AvgIpc) is 1.83. The number of nitrogens with two attached hydrogens (primary N) is 1. The zero-order chi connectivity index (χ0) is 9.35. The van der Waals surface area contributed by atoms with Gasteiger partial charge in [0.05, 0.1) is 0 Å². The fourth-order valence-corrected chi connectivity index (χ4v) is 2.41. The van der Waals surface area contributed by atoms with Crippen molar-refractivity contribution in [3.05, 3.63) is 0 Å². The molecule has 72 valence electrons. The zero-order valence-corrected chi connectivity index (χ0v) is 8.99. The maximum Gasteiger partial charge on any atom is 0.139 e. The fourth-order valence-electron chi connectivity index (χ4n) is 2.01. The summed E-state index contributed by atoms with van der Waals surface area (Å²) in [5.74, 6) is 1.64. The highest BCUT2D eigenvalue weighted by Gasteiger charge is 2.37. The lowest BCUT2D eigenvalue weighted by Crippen LogP contribution is -2.41. The molecule has 0 aromatic carbocycles. The summed E-state index contributed by atoms with van der Waals surface area (Å²) in [5, 5.41) is 5.40. The molecule has 2 nitrogen and oxygen atoms in total. The van der Waals surface area contributed by atoms with E-state index in [2.05, 4.69) is 6.92 Å². The van der Waals surface area contributed by atoms with Gasteiger partial charge in [-0.3, -0.25) is 0 Å². The molecule has 0 aliphatic heterocycles. The van der Waals surface area contributed by atoms with E-state index in [1.54, 1.807) is 0 Å². The third kappa shape index (κ3) is 2.38. The molecule has 1 aliphatic carbocycles. The van der Waals surface area contributed by atoms with Crippen LogP contribution in [0.2, 0.25) is 0 Å². The van der Waals surface area contributed by atoms with E-state index in [4.69, 9.17) is 5.14 Å². The number of hydrogen-bond donors (Lipinski definition) is 1. The van der Waals surface area contributed by atoms with Crippen molar-refractivity contribution in [2.75, 3.05) is 0 Å². The molecule has 12 heavy (non-hydrogen) atoms. The van der Waals surface area contributed by atoms with E-state index in [-0.39, 0.29) is 4.75 Å². The average molecular weight is 189 g/mol. The van der Waals surface area contributed by atoms with Gasteiger partial charge in [0.25, 0.3) is 0 Å². The first-order valence-electron chi connectivity index (χ1n) is 4.58. The minimum atomic E-state index is -1.18. The first kappa shape index (κ1) is 10.4. The second-order valence-corrected chi connectivity index (χ2v) is 6.40. The lowest BCUT2D eigenvalue weighted by Gasteiger charge is -2.37. The van der Waals surface area contributed by atoms with Crippen LogP contribution in [-0.2, 0) is 11.4 Å². The normalized spacial score (nSPS) is 32.8. The molecule has 1 aliphatic rings. The summed E-state index contributed by atoms with van der Waals surface area (Å²) in [6, 6.07) is 0. The second-order valence-electron chi connectivity index (χ2n) is 4.70. The summed E-state index contributed by atoms with van der Waals surface area (Å²) in [6.07, 6.45) is 3.60. The van der Waals surface area contributed by atoms with Crippen LogP contribution in [0.3, 0.4) is 0 Å². The van der Waals surface area contributed by atoms with E-state index in [1.807, 2.05) is 13.8 Å². The summed E-state index contributed by atoms with van der Waals surface area (Å²) in [6.45, 7) is 6.25. The second kappa shape index (κ2) is 3.56. The Bertz CT molecular complexity index is 153. The van der Waals surface area contributed by atoms with Gasteiger partial charge in [0.2, 0.25) is 0 Å². The SMILES string of the molecule is CC1CC(CC(C)(C)[S@@+](N)[O-])C1. The Morgan fingerprint density at radius 2 is 2.00 bits per heavy atom. The van der Waals surface area contributed by atoms with E-state index in [0.29, 0.717) is 0 Å². The van der Waals surface area contributed by atoms with Gasteiger partial charge in [0, 0.05) is 17.8 Å². The van der Waals surface area contributed by atoms with Crippen molar-refractivity contribution in [3.8, 4) is 0 Å². The fraction of sp³-hybridized carbons (Fsp3) is 1.00. The van der Waals surface area contributed by atoms with E-state index in [1.165, 1.54) is 12.8 Å². The predicted molar refractivity (Wildman–Crippen MR) is 52.9 cm³/mol. The van der Waals surface area contributed by atoms with E-state index < -0.39 is 11.4 Å². The first-order valence-corrected chi connectivity index (χ1v) is 5.79. The molecule has 0 aromatic heterocycles. The van der Waals surface area contributed by atoms with Crippen molar-refractivity contribution in [1.82, 2.24) is 0 Å². The molecule has 1 fully saturated rings. The van der Waals surface area contributed by atoms with E-state index in [9.17, 15) is 4.55 Å². The van der Waals surface area contributed by atoms with Crippen molar-refractivity contribution in [2.24, 2.45) is 17.0 Å². The van der Waals surface area contributed by atoms with Gasteiger partial charge in [-0.2, -0.15) is 5.14 Å². The molecule has 0 spiro atoms. The highest BCUT2D eigenvalue weighted by atomic mass is 32.2. The van der Waals surface area contributed by atoms with E-state index in [0.717, 1.165) is 18.3 Å². The Morgan fingerprint density at radius 1 is 1.50 bits per heavy atom. The van der Waals surface area contributed by atoms with Crippen LogP contribution in [0.1, 0.15) is 40.0 Å². The van der Waals surface area contributed by atoms with Crippen LogP contribution in [0.5, 0.6) is 0 Å². The monoisotopic (exact) mass is 189 g/mol. The topological polar surface area (TPSA) is 49.1 Å². The molecule has 0 bridgehead atoms. The Morgan fingerprint density at radius 3 is 2.33 bits per heavy atom. The predicted octanol–water partition coefficient (Wildman–Crippen LogP) is 1.82. The standard InChI is InChI=1S/C9H19NOS/c1-7-4-8(5-7)6-9(2,3)12(10)11/h7-8H,4-6,10H2,1-3H3/t7?,8?,12-/m0/s1. The number of hydrogen-bond acceptors (Lipinski definition) is 2. The highest BCUT2D eigenvalue weighted by molar-refractivity contribution is 7.90. The molecule has 0 heterocycles. The maximum absolute atomic E-state index is 11.1. The lowest BCUT2D eigenvalue weighted by atomic mass is 9.72. The van der Waals surface area contributed by atoms with Gasteiger partial charge in [0.1, 0.15) is 4.75 Å². The van der Waals surface area contributed by atoms with Crippen molar-refractivity contribution < 1.29 is 4.55 Å². The van der Waals surface area contributed by atoms with Crippen LogP contribution in [0.25, 0.3) is 0 Å². The van der Waals surface area contributed by atoms with Gasteiger partial charge in [-0.25, -0.2) is 0 Å². The molecule has 0 radical (unpaired) electrons. The summed E-state index contributed by atoms with van der Waals surface area (Å²) < 4.78 is 10.9. The van der Waals surface area contributed by atoms with Crippen LogP contribution in [-0.4, -0.2) is 9.30 Å². The van der Waals surface area contributed by atoms with Crippen molar-refractivity contribution in [3.63, 3.8) is 0 Å². The summed E-state index contributed by atoms with van der Waals surface area (Å²) >= 11 is -1.18. The first-order chi connectivity index (χ1) is 5.42. The third-order valence-electron chi connectivity index (χ3n) is 2.80. The highest BCUT2D eigenvalue weighted by Crippen LogP contribution is 2.39. The van der Waals surface area contributed by atoms with Gasteiger partial charge >= 0.3 is 0 Å². The molecular formula is C9H19NOS. The van der Waals surface area contributed by atoms with Crippen LogP contribution in [0.15, 0.2) is 0 Å². The maximum atomic E-state index is 11.1. The Hall–Kier alpha value is 0.270. The quantitative estimate of drug-likeness (QED) is 0.688. The van der Waals surface area contributed by atoms with Crippen molar-refractivity contribution >= 4 is 11.4 Å². The van der Waals surface area contributed by atoms with Crippen molar-refractivity contribution in [1.29, 1.82) is 0 Å². The molecule has 1 saturated carbocycles. The molecule has 1 atom stereocenters. The Labute approximate surface area is 78.2 Å². The molecule has 0 amide bonds. The smallest absolute Gasteiger partial charge is 0.139 e. The Balaban J connectivity index is 2.30.